The molecule has 0 heterocycles. The van der Waals surface area contributed by atoms with Gasteiger partial charge in [0, 0.05) is 19.6 Å². The first-order chi connectivity index (χ1) is 9.52. The number of carbonyl (C=O) groups excluding carboxylic acids is 1. The number of halogens is 1. The molecule has 1 rings (SSSR count). The monoisotopic (exact) mass is 284 g/mol. The number of hydrogen-bond acceptors (Lipinski definition) is 3. The Bertz CT molecular complexity index is 467. The van der Waals surface area contributed by atoms with Crippen molar-refractivity contribution < 1.29 is 24.2 Å². The Morgan fingerprint density at radius 3 is 2.70 bits per heavy atom. The number of nitrogens with one attached hydrogen (secondary N) is 2. The number of aliphatic hydroxyl groups is 1. The smallest absolute Gasteiger partial charge is 0.326 e. The minimum absolute atomic E-state index is 0.0628. The molecule has 0 bridgehead atoms. The van der Waals surface area contributed by atoms with E-state index in [0.29, 0.717) is 6.42 Å². The average Bonchev–Trinajstić information content (AvgIpc) is 2.38. The number of carbonyl (C=O) groups is 2. The Balaban J connectivity index is 2.34. The van der Waals surface area contributed by atoms with E-state index in [2.05, 4.69) is 10.6 Å². The molecule has 2 amide bonds. The first-order valence-corrected chi connectivity index (χ1v) is 6.15. The van der Waals surface area contributed by atoms with Crippen molar-refractivity contribution >= 4 is 12.0 Å². The third-order valence-corrected chi connectivity index (χ3v) is 2.61. The number of aliphatic hydroxyl groups excluding tert-OH is 1. The molecule has 0 aromatic heterocycles. The van der Waals surface area contributed by atoms with Gasteiger partial charge in [-0.15, -0.1) is 0 Å². The summed E-state index contributed by atoms with van der Waals surface area (Å²) in [5.74, 6) is -1.56. The van der Waals surface area contributed by atoms with E-state index in [4.69, 9.17) is 10.2 Å². The van der Waals surface area contributed by atoms with Crippen molar-refractivity contribution in [2.24, 2.45) is 0 Å². The predicted molar refractivity (Wildman–Crippen MR) is 69.8 cm³/mol. The first kappa shape index (κ1) is 15.9. The Hall–Kier alpha value is -2.15. The summed E-state index contributed by atoms with van der Waals surface area (Å²) in [5, 5.41) is 22.2. The van der Waals surface area contributed by atoms with Gasteiger partial charge in [-0.05, 0) is 24.1 Å². The van der Waals surface area contributed by atoms with Crippen LogP contribution in [0.4, 0.5) is 9.18 Å². The lowest BCUT2D eigenvalue weighted by molar-refractivity contribution is -0.139. The van der Waals surface area contributed by atoms with Crippen LogP contribution in [-0.4, -0.2) is 41.4 Å². The quantitative estimate of drug-likeness (QED) is 0.586. The molecule has 20 heavy (non-hydrogen) atoms. The number of amides is 2. The maximum absolute atomic E-state index is 12.9. The van der Waals surface area contributed by atoms with E-state index < -0.39 is 18.0 Å². The molecular formula is C13H17FN2O4. The number of carboxylic acid groups (broad SMARTS) is 1. The maximum atomic E-state index is 12.9. The van der Waals surface area contributed by atoms with Gasteiger partial charge in [0.15, 0.2) is 0 Å². The van der Waals surface area contributed by atoms with Crippen LogP contribution >= 0.6 is 0 Å². The molecular weight excluding hydrogens is 267 g/mol. The molecule has 0 fully saturated rings. The predicted octanol–water partition coefficient (Wildman–Crippen LogP) is 0.503. The molecule has 4 N–H and O–H groups in total. The Morgan fingerprint density at radius 2 is 2.10 bits per heavy atom. The molecule has 0 saturated carbocycles. The van der Waals surface area contributed by atoms with E-state index in [1.54, 1.807) is 12.1 Å². The zero-order chi connectivity index (χ0) is 15.0. The second kappa shape index (κ2) is 8.11. The van der Waals surface area contributed by atoms with E-state index in [0.717, 1.165) is 5.56 Å². The molecule has 1 aromatic carbocycles. The number of hydrogen-bond donors (Lipinski definition) is 4. The highest BCUT2D eigenvalue weighted by atomic mass is 19.1. The molecule has 1 aromatic rings. The fourth-order valence-corrected chi connectivity index (χ4v) is 1.61. The molecule has 6 nitrogen and oxygen atoms in total. The third kappa shape index (κ3) is 5.66. The van der Waals surface area contributed by atoms with Gasteiger partial charge >= 0.3 is 12.0 Å². The summed E-state index contributed by atoms with van der Waals surface area (Å²) >= 11 is 0. The molecule has 0 aliphatic carbocycles. The van der Waals surface area contributed by atoms with Crippen molar-refractivity contribution in [3.8, 4) is 0 Å². The first-order valence-electron chi connectivity index (χ1n) is 6.15. The molecule has 0 spiro atoms. The molecule has 110 valence electrons. The van der Waals surface area contributed by atoms with Gasteiger partial charge in [0.05, 0.1) is 0 Å². The van der Waals surface area contributed by atoms with Crippen LogP contribution in [0.5, 0.6) is 0 Å². The van der Waals surface area contributed by atoms with Crippen LogP contribution in [-0.2, 0) is 11.2 Å². The lowest BCUT2D eigenvalue weighted by Gasteiger charge is -2.14. The van der Waals surface area contributed by atoms with Crippen LogP contribution < -0.4 is 10.6 Å². The normalized spacial score (nSPS) is 11.7. The second-order valence-electron chi connectivity index (χ2n) is 4.18. The van der Waals surface area contributed by atoms with E-state index in [9.17, 15) is 14.0 Å². The van der Waals surface area contributed by atoms with Gasteiger partial charge in [0.1, 0.15) is 11.9 Å². The standard InChI is InChI=1S/C13H17FN2O4/c14-10-3-1-2-9(8-10)4-6-15-13(20)16-11(5-7-17)12(18)19/h1-3,8,11,17H,4-7H2,(H,18,19)(H2,15,16,20)/t11-/m0/s1. The Morgan fingerprint density at radius 1 is 1.35 bits per heavy atom. The summed E-state index contributed by atoms with van der Waals surface area (Å²) in [7, 11) is 0. The van der Waals surface area contributed by atoms with Crippen LogP contribution in [0.3, 0.4) is 0 Å². The Labute approximate surface area is 115 Å². The number of aliphatic carboxylic acids is 1. The van der Waals surface area contributed by atoms with Crippen molar-refractivity contribution in [2.45, 2.75) is 18.9 Å². The van der Waals surface area contributed by atoms with E-state index in [1.165, 1.54) is 12.1 Å². The fourth-order valence-electron chi connectivity index (χ4n) is 1.61. The maximum Gasteiger partial charge on any atom is 0.326 e. The number of urea groups is 1. The van der Waals surface area contributed by atoms with E-state index >= 15 is 0 Å². The van der Waals surface area contributed by atoms with Crippen LogP contribution in [0.15, 0.2) is 24.3 Å². The second-order valence-corrected chi connectivity index (χ2v) is 4.18. The van der Waals surface area contributed by atoms with Crippen molar-refractivity contribution in [2.75, 3.05) is 13.2 Å². The summed E-state index contributed by atoms with van der Waals surface area (Å²) in [6, 6.07) is 4.24. The van der Waals surface area contributed by atoms with Crippen molar-refractivity contribution in [1.82, 2.24) is 10.6 Å². The molecule has 1 atom stereocenters. The number of carboxylic acids is 1. The average molecular weight is 284 g/mol. The largest absolute Gasteiger partial charge is 0.480 e. The molecule has 0 unspecified atom stereocenters. The highest BCUT2D eigenvalue weighted by molar-refractivity contribution is 5.82. The van der Waals surface area contributed by atoms with Crippen LogP contribution in [0.1, 0.15) is 12.0 Å². The third-order valence-electron chi connectivity index (χ3n) is 2.61. The van der Waals surface area contributed by atoms with Crippen LogP contribution in [0, 0.1) is 5.82 Å². The minimum atomic E-state index is -1.21. The summed E-state index contributed by atoms with van der Waals surface area (Å²) in [5.41, 5.74) is 0.732. The number of benzene rings is 1. The van der Waals surface area contributed by atoms with Gasteiger partial charge in [-0.2, -0.15) is 0 Å². The summed E-state index contributed by atoms with van der Waals surface area (Å²) in [6.45, 7) is -0.0821. The summed E-state index contributed by atoms with van der Waals surface area (Å²) in [6.07, 6.45) is 0.371. The lowest BCUT2D eigenvalue weighted by atomic mass is 10.1. The topological polar surface area (TPSA) is 98.7 Å². The van der Waals surface area contributed by atoms with Crippen LogP contribution in [0.25, 0.3) is 0 Å². The molecule has 0 aliphatic rings. The van der Waals surface area contributed by atoms with Gasteiger partial charge in [0.2, 0.25) is 0 Å². The lowest BCUT2D eigenvalue weighted by Crippen LogP contribution is -2.46. The minimum Gasteiger partial charge on any atom is -0.480 e. The van der Waals surface area contributed by atoms with Crippen molar-refractivity contribution in [3.05, 3.63) is 35.6 Å². The van der Waals surface area contributed by atoms with Gasteiger partial charge < -0.3 is 20.8 Å². The zero-order valence-corrected chi connectivity index (χ0v) is 10.8. The van der Waals surface area contributed by atoms with Gasteiger partial charge in [0.25, 0.3) is 0 Å². The summed E-state index contributed by atoms with van der Waals surface area (Å²) in [4.78, 5) is 22.2. The summed E-state index contributed by atoms with van der Waals surface area (Å²) < 4.78 is 12.9. The van der Waals surface area contributed by atoms with Crippen molar-refractivity contribution in [1.29, 1.82) is 0 Å². The van der Waals surface area contributed by atoms with Crippen molar-refractivity contribution in [3.63, 3.8) is 0 Å². The SMILES string of the molecule is O=C(NCCc1cccc(F)c1)N[C@@H](CCO)C(=O)O. The molecule has 0 aliphatic heterocycles. The Kier molecular flexibility index (Phi) is 6.45. The van der Waals surface area contributed by atoms with Gasteiger partial charge in [-0.3, -0.25) is 0 Å². The van der Waals surface area contributed by atoms with Gasteiger partial charge in [-0.25, -0.2) is 14.0 Å². The van der Waals surface area contributed by atoms with E-state index in [-0.39, 0.29) is 25.4 Å². The van der Waals surface area contributed by atoms with E-state index in [1.807, 2.05) is 0 Å². The molecule has 0 radical (unpaired) electrons. The van der Waals surface area contributed by atoms with Gasteiger partial charge in [-0.1, -0.05) is 12.1 Å². The van der Waals surface area contributed by atoms with Crippen LogP contribution in [0.2, 0.25) is 0 Å². The molecule has 0 saturated heterocycles. The highest BCUT2D eigenvalue weighted by Gasteiger charge is 2.18. The zero-order valence-electron chi connectivity index (χ0n) is 10.8. The fraction of sp³-hybridized carbons (Fsp3) is 0.385. The number of rotatable bonds is 7. The highest BCUT2D eigenvalue weighted by Crippen LogP contribution is 2.03. The molecule has 7 heteroatoms.